The van der Waals surface area contributed by atoms with Gasteiger partial charge in [-0.2, -0.15) is 5.10 Å². The zero-order valence-corrected chi connectivity index (χ0v) is 9.67. The van der Waals surface area contributed by atoms with Crippen LogP contribution >= 0.6 is 0 Å². The molecule has 0 saturated heterocycles. The minimum atomic E-state index is 0.951. The van der Waals surface area contributed by atoms with E-state index in [1.165, 1.54) is 10.9 Å². The van der Waals surface area contributed by atoms with Crippen LogP contribution < -0.4 is 0 Å². The fourth-order valence-electron chi connectivity index (χ4n) is 2.40. The normalized spacial score (nSPS) is 11.3. The van der Waals surface area contributed by atoms with Gasteiger partial charge in [-0.1, -0.05) is 30.3 Å². The van der Waals surface area contributed by atoms with E-state index >= 15 is 0 Å². The molecule has 2 aromatic carbocycles. The first-order chi connectivity index (χ1) is 8.93. The molecule has 0 aliphatic carbocycles. The molecule has 0 spiro atoms. The van der Waals surface area contributed by atoms with E-state index in [1.807, 2.05) is 24.3 Å². The van der Waals surface area contributed by atoms with E-state index in [2.05, 4.69) is 51.3 Å². The van der Waals surface area contributed by atoms with E-state index in [-0.39, 0.29) is 0 Å². The van der Waals surface area contributed by atoms with Crippen LogP contribution in [0, 0.1) is 0 Å². The molecule has 4 aromatic rings. The number of nitrogens with one attached hydrogen (secondary N) is 1. The standard InChI is InChI=1S/C15H11N3/c1-4-8-14-11(5-1)9-10-18(14)15-12-6-2-3-7-13(12)16-17-15/h1-10H,(H,16,17). The summed E-state index contributed by atoms with van der Waals surface area (Å²) in [4.78, 5) is 0. The van der Waals surface area contributed by atoms with Gasteiger partial charge in [0.1, 0.15) is 0 Å². The van der Waals surface area contributed by atoms with Crippen molar-refractivity contribution in [3.05, 3.63) is 60.8 Å². The Labute approximate surface area is 104 Å². The smallest absolute Gasteiger partial charge is 0.166 e. The van der Waals surface area contributed by atoms with Gasteiger partial charge in [-0.05, 0) is 29.7 Å². The maximum absolute atomic E-state index is 4.43. The molecule has 2 aromatic heterocycles. The van der Waals surface area contributed by atoms with Crippen molar-refractivity contribution in [2.45, 2.75) is 0 Å². The maximum atomic E-state index is 4.43. The van der Waals surface area contributed by atoms with Crippen LogP contribution in [0.2, 0.25) is 0 Å². The Bertz CT molecular complexity index is 767. The largest absolute Gasteiger partial charge is 0.299 e. The average molecular weight is 233 g/mol. The zero-order chi connectivity index (χ0) is 11.9. The van der Waals surface area contributed by atoms with E-state index in [4.69, 9.17) is 0 Å². The van der Waals surface area contributed by atoms with Gasteiger partial charge < -0.3 is 0 Å². The van der Waals surface area contributed by atoms with E-state index in [0.717, 1.165) is 16.7 Å². The van der Waals surface area contributed by atoms with Crippen LogP contribution in [-0.4, -0.2) is 14.8 Å². The third kappa shape index (κ3) is 1.21. The fourth-order valence-corrected chi connectivity index (χ4v) is 2.40. The summed E-state index contributed by atoms with van der Waals surface area (Å²) in [5.74, 6) is 0.951. The second-order valence-corrected chi connectivity index (χ2v) is 4.34. The SMILES string of the molecule is c1ccc2c(c1)ccn2-c1n[nH]c2ccccc12. The second-order valence-electron chi connectivity index (χ2n) is 4.34. The molecule has 3 nitrogen and oxygen atoms in total. The summed E-state index contributed by atoms with van der Waals surface area (Å²) in [5, 5.41) is 9.86. The third-order valence-electron chi connectivity index (χ3n) is 3.28. The number of para-hydroxylation sites is 2. The number of nitrogens with zero attached hydrogens (tertiary/aromatic N) is 2. The first kappa shape index (κ1) is 9.48. The lowest BCUT2D eigenvalue weighted by Gasteiger charge is -2.01. The van der Waals surface area contributed by atoms with Gasteiger partial charge in [0, 0.05) is 11.6 Å². The summed E-state index contributed by atoms with van der Waals surface area (Å²) >= 11 is 0. The average Bonchev–Trinajstić information content (AvgIpc) is 3.01. The number of hydrogen-bond donors (Lipinski definition) is 1. The number of rotatable bonds is 1. The monoisotopic (exact) mass is 233 g/mol. The van der Waals surface area contributed by atoms with Crippen molar-refractivity contribution in [1.29, 1.82) is 0 Å². The number of fused-ring (bicyclic) bond motifs is 2. The highest BCUT2D eigenvalue weighted by atomic mass is 15.2. The van der Waals surface area contributed by atoms with Crippen LogP contribution in [-0.2, 0) is 0 Å². The molecule has 0 aliphatic rings. The molecule has 0 unspecified atom stereocenters. The first-order valence-electron chi connectivity index (χ1n) is 5.93. The lowest BCUT2D eigenvalue weighted by Crippen LogP contribution is -1.92. The van der Waals surface area contributed by atoms with Crippen LogP contribution in [0.5, 0.6) is 0 Å². The van der Waals surface area contributed by atoms with Gasteiger partial charge >= 0.3 is 0 Å². The minimum Gasteiger partial charge on any atom is -0.299 e. The number of hydrogen-bond acceptors (Lipinski definition) is 1. The van der Waals surface area contributed by atoms with Gasteiger partial charge in [0.25, 0.3) is 0 Å². The quantitative estimate of drug-likeness (QED) is 0.536. The first-order valence-corrected chi connectivity index (χ1v) is 5.93. The summed E-state index contributed by atoms with van der Waals surface area (Å²) < 4.78 is 2.12. The molecule has 86 valence electrons. The summed E-state index contributed by atoms with van der Waals surface area (Å²) in [6.07, 6.45) is 2.06. The predicted octanol–water partition coefficient (Wildman–Crippen LogP) is 3.51. The number of benzene rings is 2. The van der Waals surface area contributed by atoms with Gasteiger partial charge in [0.15, 0.2) is 5.82 Å². The van der Waals surface area contributed by atoms with Gasteiger partial charge in [0.2, 0.25) is 0 Å². The third-order valence-corrected chi connectivity index (χ3v) is 3.28. The fraction of sp³-hybridized carbons (Fsp3) is 0. The zero-order valence-electron chi connectivity index (χ0n) is 9.67. The van der Waals surface area contributed by atoms with Crippen molar-refractivity contribution < 1.29 is 0 Å². The van der Waals surface area contributed by atoms with E-state index in [9.17, 15) is 0 Å². The van der Waals surface area contributed by atoms with E-state index in [1.54, 1.807) is 0 Å². The molecule has 18 heavy (non-hydrogen) atoms. The van der Waals surface area contributed by atoms with Crippen molar-refractivity contribution in [3.8, 4) is 5.82 Å². The minimum absolute atomic E-state index is 0.951. The van der Waals surface area contributed by atoms with Crippen LogP contribution in [0.15, 0.2) is 60.8 Å². The summed E-state index contributed by atoms with van der Waals surface area (Å²) in [7, 11) is 0. The van der Waals surface area contributed by atoms with Gasteiger partial charge in [-0.25, -0.2) is 0 Å². The molecular formula is C15H11N3. The van der Waals surface area contributed by atoms with Crippen molar-refractivity contribution in [2.75, 3.05) is 0 Å². The lowest BCUT2D eigenvalue weighted by atomic mass is 10.2. The Morgan fingerprint density at radius 1 is 0.889 bits per heavy atom. The Morgan fingerprint density at radius 3 is 2.72 bits per heavy atom. The van der Waals surface area contributed by atoms with Crippen molar-refractivity contribution in [2.24, 2.45) is 0 Å². The summed E-state index contributed by atoms with van der Waals surface area (Å²) in [5.41, 5.74) is 2.24. The molecule has 0 fully saturated rings. The van der Waals surface area contributed by atoms with Crippen LogP contribution in [0.25, 0.3) is 27.6 Å². The molecule has 0 bridgehead atoms. The topological polar surface area (TPSA) is 33.6 Å². The summed E-state index contributed by atoms with van der Waals surface area (Å²) in [6.45, 7) is 0. The Hall–Kier alpha value is -2.55. The second kappa shape index (κ2) is 3.47. The molecule has 4 rings (SSSR count). The Morgan fingerprint density at radius 2 is 1.72 bits per heavy atom. The number of H-pyrrole nitrogens is 1. The molecule has 3 heteroatoms. The molecule has 1 N–H and O–H groups in total. The lowest BCUT2D eigenvalue weighted by molar-refractivity contribution is 1.00. The van der Waals surface area contributed by atoms with Gasteiger partial charge in [-0.3, -0.25) is 9.67 Å². The molecule has 0 radical (unpaired) electrons. The molecule has 2 heterocycles. The van der Waals surface area contributed by atoms with Crippen molar-refractivity contribution in [1.82, 2.24) is 14.8 Å². The van der Waals surface area contributed by atoms with Crippen LogP contribution in [0.1, 0.15) is 0 Å². The van der Waals surface area contributed by atoms with Crippen LogP contribution in [0.3, 0.4) is 0 Å². The van der Waals surface area contributed by atoms with E-state index in [0.29, 0.717) is 0 Å². The Balaban J connectivity index is 2.08. The molecular weight excluding hydrogens is 222 g/mol. The van der Waals surface area contributed by atoms with Gasteiger partial charge in [0.05, 0.1) is 11.0 Å². The molecule has 0 saturated carbocycles. The molecule has 0 amide bonds. The number of aromatic nitrogens is 3. The highest BCUT2D eigenvalue weighted by Crippen LogP contribution is 2.24. The van der Waals surface area contributed by atoms with Crippen molar-refractivity contribution >= 4 is 21.8 Å². The van der Waals surface area contributed by atoms with Crippen LogP contribution in [0.4, 0.5) is 0 Å². The van der Waals surface area contributed by atoms with Gasteiger partial charge in [-0.15, -0.1) is 0 Å². The van der Waals surface area contributed by atoms with Crippen molar-refractivity contribution in [3.63, 3.8) is 0 Å². The highest BCUT2D eigenvalue weighted by Gasteiger charge is 2.09. The number of aromatic amines is 1. The molecule has 0 atom stereocenters. The molecule has 0 aliphatic heterocycles. The highest BCUT2D eigenvalue weighted by molar-refractivity contribution is 5.89. The summed E-state index contributed by atoms with van der Waals surface area (Å²) in [6, 6.07) is 18.6. The Kier molecular flexibility index (Phi) is 1.83. The maximum Gasteiger partial charge on any atom is 0.166 e. The van der Waals surface area contributed by atoms with E-state index < -0.39 is 0 Å². The predicted molar refractivity (Wildman–Crippen MR) is 72.9 cm³/mol.